The molecule has 2 amide bonds. The molecule has 0 unspecified atom stereocenters. The number of pyridine rings is 1. The van der Waals surface area contributed by atoms with Gasteiger partial charge in [-0.05, 0) is 30.4 Å². The molecule has 6 heteroatoms. The summed E-state index contributed by atoms with van der Waals surface area (Å²) >= 11 is 0. The third-order valence-electron chi connectivity index (χ3n) is 6.15. The first-order chi connectivity index (χ1) is 13.5. The molecule has 1 aromatic heterocycles. The highest BCUT2D eigenvalue weighted by atomic mass is 16.2. The fourth-order valence-electron chi connectivity index (χ4n) is 4.65. The Morgan fingerprint density at radius 3 is 2.64 bits per heavy atom. The molecule has 1 saturated carbocycles. The highest BCUT2D eigenvalue weighted by Crippen LogP contribution is 2.29. The molecule has 0 N–H and O–H groups in total. The number of hydrogen-bond acceptors (Lipinski definition) is 3. The van der Waals surface area contributed by atoms with Gasteiger partial charge in [0.05, 0.1) is 5.52 Å². The van der Waals surface area contributed by atoms with Crippen LogP contribution in [0.15, 0.2) is 41.2 Å². The first-order valence-electron chi connectivity index (χ1n) is 10.1. The second-order valence-corrected chi connectivity index (χ2v) is 8.15. The number of likely N-dealkylation sites (tertiary alicyclic amines) is 1. The van der Waals surface area contributed by atoms with Gasteiger partial charge in [-0.3, -0.25) is 19.0 Å². The topological polar surface area (TPSA) is 62.6 Å². The minimum atomic E-state index is -0.177. The van der Waals surface area contributed by atoms with E-state index in [4.69, 9.17) is 0 Å². The molecule has 4 rings (SSSR count). The highest BCUT2D eigenvalue weighted by molar-refractivity contribution is 5.82. The van der Waals surface area contributed by atoms with Crippen molar-refractivity contribution in [2.75, 3.05) is 20.1 Å². The number of nitrogens with zero attached hydrogens (tertiary/aromatic N) is 3. The zero-order valence-corrected chi connectivity index (χ0v) is 16.3. The van der Waals surface area contributed by atoms with Crippen LogP contribution in [-0.2, 0) is 16.1 Å². The van der Waals surface area contributed by atoms with Crippen LogP contribution in [0.4, 0.5) is 0 Å². The first-order valence-corrected chi connectivity index (χ1v) is 10.1. The van der Waals surface area contributed by atoms with Gasteiger partial charge in [0.2, 0.25) is 11.8 Å². The van der Waals surface area contributed by atoms with Gasteiger partial charge < -0.3 is 9.80 Å². The number of para-hydroxylation sites is 1. The predicted octanol–water partition coefficient (Wildman–Crippen LogP) is 2.25. The number of rotatable bonds is 5. The average Bonchev–Trinajstić information content (AvgIpc) is 3.33. The predicted molar refractivity (Wildman–Crippen MR) is 108 cm³/mol. The van der Waals surface area contributed by atoms with Crippen molar-refractivity contribution >= 4 is 22.7 Å². The number of fused-ring (bicyclic) bond motifs is 1. The second kappa shape index (κ2) is 7.78. The summed E-state index contributed by atoms with van der Waals surface area (Å²) in [6, 6.07) is 11.3. The molecule has 0 radical (unpaired) electrons. The average molecular weight is 381 g/mol. The molecule has 148 valence electrons. The minimum absolute atomic E-state index is 0.0176. The normalized spacial score (nSPS) is 20.2. The lowest BCUT2D eigenvalue weighted by atomic mass is 10.1. The molecule has 0 bridgehead atoms. The van der Waals surface area contributed by atoms with E-state index in [2.05, 4.69) is 0 Å². The maximum atomic E-state index is 12.8. The van der Waals surface area contributed by atoms with E-state index in [1.165, 1.54) is 23.5 Å². The molecule has 1 aliphatic heterocycles. The van der Waals surface area contributed by atoms with E-state index in [0.717, 1.165) is 30.3 Å². The monoisotopic (exact) mass is 381 g/mol. The van der Waals surface area contributed by atoms with Gasteiger partial charge in [0, 0.05) is 44.6 Å². The van der Waals surface area contributed by atoms with Gasteiger partial charge in [0.15, 0.2) is 0 Å². The Hall–Kier alpha value is -2.63. The van der Waals surface area contributed by atoms with Gasteiger partial charge in [-0.2, -0.15) is 0 Å². The molecule has 6 nitrogen and oxygen atoms in total. The zero-order chi connectivity index (χ0) is 19.7. The van der Waals surface area contributed by atoms with Crippen molar-refractivity contribution in [1.82, 2.24) is 14.4 Å². The van der Waals surface area contributed by atoms with Crippen molar-refractivity contribution < 1.29 is 9.59 Å². The van der Waals surface area contributed by atoms with Crippen LogP contribution >= 0.6 is 0 Å². The highest BCUT2D eigenvalue weighted by Gasteiger charge is 2.36. The Bertz CT molecular complexity index is 945. The van der Waals surface area contributed by atoms with Crippen molar-refractivity contribution in [3.63, 3.8) is 0 Å². The SMILES string of the molecule is CN(C[C@@H]1CC(=O)N(C2CCCC2)C1)C(=O)Cn1c(=O)ccc2ccccc21. The maximum Gasteiger partial charge on any atom is 0.251 e. The summed E-state index contributed by atoms with van der Waals surface area (Å²) in [7, 11) is 1.77. The van der Waals surface area contributed by atoms with Gasteiger partial charge >= 0.3 is 0 Å². The number of hydrogen-bond donors (Lipinski definition) is 0. The van der Waals surface area contributed by atoms with Crippen LogP contribution in [-0.4, -0.2) is 52.4 Å². The van der Waals surface area contributed by atoms with E-state index in [1.807, 2.05) is 29.2 Å². The van der Waals surface area contributed by atoms with Crippen LogP contribution in [0.2, 0.25) is 0 Å². The minimum Gasteiger partial charge on any atom is -0.344 e. The lowest BCUT2D eigenvalue weighted by molar-refractivity contribution is -0.131. The molecular weight excluding hydrogens is 354 g/mol. The summed E-state index contributed by atoms with van der Waals surface area (Å²) in [5, 5.41) is 0.936. The van der Waals surface area contributed by atoms with E-state index in [-0.39, 0.29) is 29.8 Å². The summed E-state index contributed by atoms with van der Waals surface area (Å²) in [6.07, 6.45) is 5.14. The molecule has 1 aromatic carbocycles. The quantitative estimate of drug-likeness (QED) is 0.798. The molecule has 2 heterocycles. The number of benzene rings is 1. The largest absolute Gasteiger partial charge is 0.344 e. The molecule has 2 aromatic rings. The summed E-state index contributed by atoms with van der Waals surface area (Å²) in [4.78, 5) is 41.2. The second-order valence-electron chi connectivity index (χ2n) is 8.15. The molecule has 1 atom stereocenters. The summed E-state index contributed by atoms with van der Waals surface area (Å²) in [5.74, 6) is 0.291. The Morgan fingerprint density at radius 1 is 1.11 bits per heavy atom. The van der Waals surface area contributed by atoms with Crippen LogP contribution in [0.1, 0.15) is 32.1 Å². The van der Waals surface area contributed by atoms with Gasteiger partial charge in [-0.15, -0.1) is 0 Å². The van der Waals surface area contributed by atoms with Crippen LogP contribution in [0.25, 0.3) is 10.9 Å². The van der Waals surface area contributed by atoms with Crippen molar-refractivity contribution in [2.45, 2.75) is 44.7 Å². The fourth-order valence-corrected chi connectivity index (χ4v) is 4.65. The standard InChI is InChI=1S/C22H27N3O3/c1-23(13-16-12-21(27)24(14-16)18-7-3-4-8-18)22(28)15-25-19-9-5-2-6-17(19)10-11-20(25)26/h2,5-6,9-11,16,18H,3-4,7-8,12-15H2,1H3/t16-/m0/s1. The van der Waals surface area contributed by atoms with Gasteiger partial charge in [0.1, 0.15) is 6.54 Å². The van der Waals surface area contributed by atoms with Gasteiger partial charge in [0.25, 0.3) is 5.56 Å². The Balaban J connectivity index is 1.41. The third kappa shape index (κ3) is 3.68. The number of amides is 2. The van der Waals surface area contributed by atoms with E-state index in [9.17, 15) is 14.4 Å². The smallest absolute Gasteiger partial charge is 0.251 e. The molecular formula is C22H27N3O3. The molecule has 0 spiro atoms. The summed E-state index contributed by atoms with van der Waals surface area (Å²) in [5.41, 5.74) is 0.587. The maximum absolute atomic E-state index is 12.8. The number of aromatic nitrogens is 1. The fraction of sp³-hybridized carbons (Fsp3) is 0.500. The first kappa shape index (κ1) is 18.7. The molecule has 2 aliphatic rings. The zero-order valence-electron chi connectivity index (χ0n) is 16.3. The Kier molecular flexibility index (Phi) is 5.20. The summed E-state index contributed by atoms with van der Waals surface area (Å²) in [6.45, 7) is 1.31. The van der Waals surface area contributed by atoms with Crippen molar-refractivity contribution in [3.05, 3.63) is 46.8 Å². The van der Waals surface area contributed by atoms with Crippen LogP contribution in [0, 0.1) is 5.92 Å². The molecule has 28 heavy (non-hydrogen) atoms. The van der Waals surface area contributed by atoms with Crippen molar-refractivity contribution in [1.29, 1.82) is 0 Å². The molecule has 1 aliphatic carbocycles. The summed E-state index contributed by atoms with van der Waals surface area (Å²) < 4.78 is 1.53. The van der Waals surface area contributed by atoms with Gasteiger partial charge in [-0.25, -0.2) is 0 Å². The van der Waals surface area contributed by atoms with Crippen LogP contribution in [0.3, 0.4) is 0 Å². The number of carbonyl (C=O) groups is 2. The molecule has 2 fully saturated rings. The van der Waals surface area contributed by atoms with Crippen molar-refractivity contribution in [3.8, 4) is 0 Å². The third-order valence-corrected chi connectivity index (χ3v) is 6.15. The lowest BCUT2D eigenvalue weighted by Gasteiger charge is -2.25. The lowest BCUT2D eigenvalue weighted by Crippen LogP contribution is -2.38. The molecule has 1 saturated heterocycles. The Morgan fingerprint density at radius 2 is 1.86 bits per heavy atom. The van der Waals surface area contributed by atoms with E-state index < -0.39 is 0 Å². The van der Waals surface area contributed by atoms with Gasteiger partial charge in [-0.1, -0.05) is 31.0 Å². The van der Waals surface area contributed by atoms with Crippen molar-refractivity contribution in [2.24, 2.45) is 5.92 Å². The number of carbonyl (C=O) groups excluding carboxylic acids is 2. The Labute approximate surface area is 164 Å². The number of likely N-dealkylation sites (N-methyl/N-ethyl adjacent to an activating group) is 1. The van der Waals surface area contributed by atoms with E-state index in [1.54, 1.807) is 18.0 Å². The van der Waals surface area contributed by atoms with Crippen LogP contribution < -0.4 is 5.56 Å². The van der Waals surface area contributed by atoms with E-state index >= 15 is 0 Å². The van der Waals surface area contributed by atoms with Crippen LogP contribution in [0.5, 0.6) is 0 Å². The van der Waals surface area contributed by atoms with E-state index in [0.29, 0.717) is 19.0 Å².